The van der Waals surface area contributed by atoms with E-state index in [0.717, 1.165) is 135 Å². The zero-order valence-corrected chi connectivity index (χ0v) is 52.3. The van der Waals surface area contributed by atoms with Crippen LogP contribution in [-0.4, -0.2) is 37.2 Å². The molecule has 0 saturated heterocycles. The molecule has 0 amide bonds. The first kappa shape index (κ1) is 75.8. The lowest BCUT2D eigenvalue weighted by Crippen LogP contribution is -2.30. The van der Waals surface area contributed by atoms with Gasteiger partial charge >= 0.3 is 17.9 Å². The Labute approximate surface area is 494 Å². The molecule has 0 heterocycles. The van der Waals surface area contributed by atoms with Crippen molar-refractivity contribution in [1.29, 1.82) is 0 Å². The van der Waals surface area contributed by atoms with Gasteiger partial charge in [-0.15, -0.1) is 0 Å². The number of carbonyl (C=O) groups excluding carboxylic acids is 3. The van der Waals surface area contributed by atoms with Gasteiger partial charge in [-0.05, 0) is 109 Å². The Balaban J connectivity index is 4.29. The Morgan fingerprint density at radius 3 is 0.762 bits per heavy atom. The van der Waals surface area contributed by atoms with Crippen molar-refractivity contribution in [2.75, 3.05) is 13.2 Å². The predicted molar refractivity (Wildman–Crippen MR) is 348 cm³/mol. The number of hydrogen-bond donors (Lipinski definition) is 0. The molecule has 0 aliphatic carbocycles. The summed E-state index contributed by atoms with van der Waals surface area (Å²) >= 11 is 0. The highest BCUT2D eigenvalue weighted by atomic mass is 16.6. The molecule has 0 rings (SSSR count). The van der Waals surface area contributed by atoms with Crippen molar-refractivity contribution in [2.45, 2.75) is 316 Å². The smallest absolute Gasteiger partial charge is 0.306 e. The molecular weight excluding hydrogens is 985 g/mol. The molecule has 0 aliphatic heterocycles. The molecule has 0 aromatic rings. The molecular formula is C74H124O6. The van der Waals surface area contributed by atoms with Crippen LogP contribution >= 0.6 is 0 Å². The van der Waals surface area contributed by atoms with Crippen LogP contribution in [0.4, 0.5) is 0 Å². The van der Waals surface area contributed by atoms with E-state index in [-0.39, 0.29) is 31.1 Å². The number of rotatable bonds is 60. The van der Waals surface area contributed by atoms with Gasteiger partial charge in [-0.25, -0.2) is 0 Å². The number of esters is 3. The molecule has 0 spiro atoms. The molecule has 6 heteroatoms. The Kier molecular flexibility index (Phi) is 63.8. The normalized spacial score (nSPS) is 12.9. The van der Waals surface area contributed by atoms with E-state index in [1.807, 2.05) is 0 Å². The zero-order chi connectivity index (χ0) is 57.8. The Hall–Kier alpha value is -4.19. The molecule has 0 aliphatic rings. The van der Waals surface area contributed by atoms with E-state index in [0.29, 0.717) is 19.3 Å². The number of hydrogen-bond acceptors (Lipinski definition) is 6. The lowest BCUT2D eigenvalue weighted by atomic mass is 10.0. The van der Waals surface area contributed by atoms with Crippen LogP contribution < -0.4 is 0 Å². The van der Waals surface area contributed by atoms with Gasteiger partial charge in [0.15, 0.2) is 6.10 Å². The number of allylic oxidation sites excluding steroid dienone is 20. The van der Waals surface area contributed by atoms with E-state index in [1.54, 1.807) is 0 Å². The molecule has 6 nitrogen and oxygen atoms in total. The third-order valence-electron chi connectivity index (χ3n) is 14.2. The fraction of sp³-hybridized carbons (Fsp3) is 0.689. The van der Waals surface area contributed by atoms with Crippen molar-refractivity contribution in [3.05, 3.63) is 122 Å². The highest BCUT2D eigenvalue weighted by Gasteiger charge is 2.19. The van der Waals surface area contributed by atoms with Crippen LogP contribution in [0.5, 0.6) is 0 Å². The maximum Gasteiger partial charge on any atom is 0.306 e. The minimum absolute atomic E-state index is 0.0869. The van der Waals surface area contributed by atoms with Gasteiger partial charge in [0.1, 0.15) is 13.2 Å². The topological polar surface area (TPSA) is 78.9 Å². The summed E-state index contributed by atoms with van der Waals surface area (Å²) in [5.74, 6) is -0.904. The van der Waals surface area contributed by atoms with Crippen LogP contribution in [0.1, 0.15) is 310 Å². The third-order valence-corrected chi connectivity index (χ3v) is 14.2. The first-order valence-corrected chi connectivity index (χ1v) is 33.5. The molecule has 0 aromatic heterocycles. The molecule has 456 valence electrons. The molecule has 0 N–H and O–H groups in total. The largest absolute Gasteiger partial charge is 0.462 e. The molecule has 0 radical (unpaired) electrons. The zero-order valence-electron chi connectivity index (χ0n) is 52.3. The van der Waals surface area contributed by atoms with Gasteiger partial charge in [0.2, 0.25) is 0 Å². The van der Waals surface area contributed by atoms with Crippen LogP contribution in [0.3, 0.4) is 0 Å². The van der Waals surface area contributed by atoms with Crippen molar-refractivity contribution < 1.29 is 28.6 Å². The summed E-state index contributed by atoms with van der Waals surface area (Å²) in [6.45, 7) is 6.42. The van der Waals surface area contributed by atoms with Gasteiger partial charge in [-0.3, -0.25) is 14.4 Å². The summed E-state index contributed by atoms with van der Waals surface area (Å²) in [7, 11) is 0. The summed E-state index contributed by atoms with van der Waals surface area (Å²) in [4.78, 5) is 38.3. The van der Waals surface area contributed by atoms with E-state index in [2.05, 4.69) is 142 Å². The molecule has 0 saturated carbocycles. The number of carbonyl (C=O) groups is 3. The van der Waals surface area contributed by atoms with E-state index in [1.165, 1.54) is 135 Å². The van der Waals surface area contributed by atoms with Gasteiger partial charge in [-0.1, -0.05) is 303 Å². The van der Waals surface area contributed by atoms with Crippen LogP contribution in [0.2, 0.25) is 0 Å². The van der Waals surface area contributed by atoms with Crippen molar-refractivity contribution >= 4 is 17.9 Å². The maximum atomic E-state index is 12.9. The van der Waals surface area contributed by atoms with Gasteiger partial charge < -0.3 is 14.2 Å². The van der Waals surface area contributed by atoms with Gasteiger partial charge in [-0.2, -0.15) is 0 Å². The minimum atomic E-state index is -0.793. The molecule has 0 aromatic carbocycles. The summed E-state index contributed by atoms with van der Waals surface area (Å²) in [6, 6.07) is 0. The summed E-state index contributed by atoms with van der Waals surface area (Å²) in [5.41, 5.74) is 0. The highest BCUT2D eigenvalue weighted by Crippen LogP contribution is 2.16. The molecule has 0 bridgehead atoms. The molecule has 1 atom stereocenters. The summed E-state index contributed by atoms with van der Waals surface area (Å²) in [5, 5.41) is 0. The quantitative estimate of drug-likeness (QED) is 0.0261. The van der Waals surface area contributed by atoms with E-state index in [4.69, 9.17) is 14.2 Å². The Bertz CT molecular complexity index is 1650. The first-order valence-electron chi connectivity index (χ1n) is 33.5. The van der Waals surface area contributed by atoms with Crippen LogP contribution in [0, 0.1) is 0 Å². The molecule has 0 fully saturated rings. The average molecular weight is 1110 g/mol. The van der Waals surface area contributed by atoms with Crippen LogP contribution in [-0.2, 0) is 28.6 Å². The SMILES string of the molecule is CC/C=C\C/C=C\C/C=C\C/C=C\C/C=C\C/C=C\CCCCCCCCCCCCCCC(=O)OCC(COC(=O)CCCCCCCCCCCCCCCC)OC(=O)CCCCCC/C=C\C/C=C\C/C=C\C/C=C\CC. The van der Waals surface area contributed by atoms with Crippen molar-refractivity contribution in [2.24, 2.45) is 0 Å². The van der Waals surface area contributed by atoms with Crippen LogP contribution in [0.15, 0.2) is 122 Å². The average Bonchev–Trinajstić information content (AvgIpc) is 3.46. The van der Waals surface area contributed by atoms with Crippen molar-refractivity contribution in [3.63, 3.8) is 0 Å². The van der Waals surface area contributed by atoms with Crippen molar-refractivity contribution in [1.82, 2.24) is 0 Å². The van der Waals surface area contributed by atoms with E-state index < -0.39 is 6.10 Å². The maximum absolute atomic E-state index is 12.9. The fourth-order valence-corrected chi connectivity index (χ4v) is 9.26. The predicted octanol–water partition coefficient (Wildman–Crippen LogP) is 23.2. The summed E-state index contributed by atoms with van der Waals surface area (Å²) in [6.07, 6.45) is 93.5. The third kappa shape index (κ3) is 64.6. The van der Waals surface area contributed by atoms with Gasteiger partial charge in [0.05, 0.1) is 0 Å². The van der Waals surface area contributed by atoms with Gasteiger partial charge in [0, 0.05) is 19.3 Å². The monoisotopic (exact) mass is 1110 g/mol. The van der Waals surface area contributed by atoms with E-state index >= 15 is 0 Å². The molecule has 1 unspecified atom stereocenters. The lowest BCUT2D eigenvalue weighted by Gasteiger charge is -2.18. The molecule has 80 heavy (non-hydrogen) atoms. The van der Waals surface area contributed by atoms with Crippen LogP contribution in [0.25, 0.3) is 0 Å². The lowest BCUT2D eigenvalue weighted by molar-refractivity contribution is -0.167. The summed E-state index contributed by atoms with van der Waals surface area (Å²) < 4.78 is 16.9. The Morgan fingerprint density at radius 2 is 0.487 bits per heavy atom. The Morgan fingerprint density at radius 1 is 0.263 bits per heavy atom. The fourth-order valence-electron chi connectivity index (χ4n) is 9.26. The second-order valence-corrected chi connectivity index (χ2v) is 22.0. The highest BCUT2D eigenvalue weighted by molar-refractivity contribution is 5.71. The standard InChI is InChI=1S/C74H124O6/c1-4-7-10-13-16-19-22-25-28-30-31-32-33-34-35-36-37-38-39-40-41-42-43-45-46-49-52-55-58-61-64-67-73(76)79-70-71(69-78-72(75)66-63-60-57-54-51-48-27-24-21-18-15-12-9-6-3)80-74(77)68-65-62-59-56-53-50-47-44-29-26-23-20-17-14-11-8-5-2/h7-8,10-11,16-17,19-20,25-26,28-29,31-32,34-35,37-38,47,50,71H,4-6,9,12-15,18,21-24,27,30,33,36,39-46,48-49,51-70H2,1-3H3/b10-7-,11-8-,19-16-,20-17-,28-25-,29-26-,32-31-,35-34-,38-37-,50-47-. The number of ether oxygens (including phenoxy) is 3. The van der Waals surface area contributed by atoms with Crippen molar-refractivity contribution in [3.8, 4) is 0 Å². The van der Waals surface area contributed by atoms with Gasteiger partial charge in [0.25, 0.3) is 0 Å². The second kappa shape index (κ2) is 67.3. The number of unbranched alkanes of at least 4 members (excludes halogenated alkanes) is 29. The minimum Gasteiger partial charge on any atom is -0.462 e. The second-order valence-electron chi connectivity index (χ2n) is 22.0. The first-order chi connectivity index (χ1) is 39.5. The van der Waals surface area contributed by atoms with E-state index in [9.17, 15) is 14.4 Å².